The van der Waals surface area contributed by atoms with Gasteiger partial charge in [0.2, 0.25) is 5.91 Å². The number of fused-ring (bicyclic) bond motifs is 1. The van der Waals surface area contributed by atoms with E-state index in [2.05, 4.69) is 21.2 Å². The van der Waals surface area contributed by atoms with Crippen molar-refractivity contribution in [3.8, 4) is 0 Å². The number of rotatable bonds is 2. The Morgan fingerprint density at radius 2 is 2.09 bits per heavy atom. The first-order chi connectivity index (χ1) is 10.5. The molecule has 6 atom stereocenters. The number of benzene rings is 1. The molecule has 1 saturated heterocycles. The lowest BCUT2D eigenvalue weighted by Crippen LogP contribution is -2.40. The number of esters is 1. The lowest BCUT2D eigenvalue weighted by molar-refractivity contribution is -0.145. The van der Waals surface area contributed by atoms with Crippen LogP contribution >= 0.6 is 15.9 Å². The third kappa shape index (κ3) is 1.87. The second kappa shape index (κ2) is 4.82. The maximum atomic E-state index is 12.8. The Hall–Kier alpha value is -1.36. The van der Waals surface area contributed by atoms with Crippen molar-refractivity contribution in [3.63, 3.8) is 0 Å². The highest BCUT2D eigenvalue weighted by atomic mass is 79.9. The van der Waals surface area contributed by atoms with Crippen molar-refractivity contribution in [1.29, 1.82) is 0 Å². The molecule has 1 amide bonds. The van der Waals surface area contributed by atoms with E-state index in [-0.39, 0.29) is 46.5 Å². The molecule has 0 spiro atoms. The summed E-state index contributed by atoms with van der Waals surface area (Å²) in [5.41, 5.74) is 2.97. The highest BCUT2D eigenvalue weighted by Gasteiger charge is 2.67. The van der Waals surface area contributed by atoms with Crippen LogP contribution in [0, 0.1) is 37.5 Å². The van der Waals surface area contributed by atoms with E-state index in [9.17, 15) is 9.59 Å². The highest BCUT2D eigenvalue weighted by molar-refractivity contribution is 9.09. The number of hydrogen-bond acceptors (Lipinski definition) is 3. The number of amides is 1. The minimum Gasteiger partial charge on any atom is -0.461 e. The first kappa shape index (κ1) is 14.2. The molecule has 1 aliphatic heterocycles. The van der Waals surface area contributed by atoms with Crippen LogP contribution in [-0.4, -0.2) is 22.8 Å². The Labute approximate surface area is 137 Å². The molecule has 2 bridgehead atoms. The Kier molecular flexibility index (Phi) is 3.12. The van der Waals surface area contributed by atoms with Crippen LogP contribution in [0.3, 0.4) is 0 Å². The number of alkyl halides is 1. The highest BCUT2D eigenvalue weighted by Crippen LogP contribution is 2.60. The number of anilines is 1. The zero-order chi connectivity index (χ0) is 15.6. The predicted molar refractivity (Wildman–Crippen MR) is 85.7 cm³/mol. The van der Waals surface area contributed by atoms with Crippen LogP contribution in [0.15, 0.2) is 18.2 Å². The van der Waals surface area contributed by atoms with Crippen LogP contribution in [0.25, 0.3) is 0 Å². The maximum absolute atomic E-state index is 12.8. The molecule has 0 aromatic heterocycles. The summed E-state index contributed by atoms with van der Waals surface area (Å²) in [5.74, 6) is -0.379. The number of nitrogens with one attached hydrogen (secondary N) is 1. The number of carbonyl (C=O) groups excluding carboxylic acids is 2. The van der Waals surface area contributed by atoms with Gasteiger partial charge in [-0.25, -0.2) is 0 Å². The molecule has 2 saturated carbocycles. The Morgan fingerprint density at radius 1 is 1.32 bits per heavy atom. The largest absolute Gasteiger partial charge is 0.461 e. The van der Waals surface area contributed by atoms with E-state index in [1.54, 1.807) is 0 Å². The molecule has 5 heteroatoms. The molecule has 0 radical (unpaired) electrons. The molecule has 3 fully saturated rings. The summed E-state index contributed by atoms with van der Waals surface area (Å²) in [4.78, 5) is 25.0. The van der Waals surface area contributed by atoms with Gasteiger partial charge in [0.15, 0.2) is 0 Å². The summed E-state index contributed by atoms with van der Waals surface area (Å²) in [7, 11) is 0. The molecule has 22 heavy (non-hydrogen) atoms. The average molecular weight is 364 g/mol. The molecule has 1 N–H and O–H groups in total. The summed E-state index contributed by atoms with van der Waals surface area (Å²) in [6, 6.07) is 6.00. The van der Waals surface area contributed by atoms with Crippen molar-refractivity contribution in [2.45, 2.75) is 31.2 Å². The van der Waals surface area contributed by atoms with Crippen LogP contribution in [0.1, 0.15) is 17.5 Å². The molecule has 1 aromatic rings. The normalized spacial score (nSPS) is 38.2. The third-order valence-corrected chi connectivity index (χ3v) is 6.68. The zero-order valence-corrected chi connectivity index (χ0v) is 14.1. The van der Waals surface area contributed by atoms with Gasteiger partial charge in [0.1, 0.15) is 6.10 Å². The van der Waals surface area contributed by atoms with E-state index in [0.717, 1.165) is 23.2 Å². The molecule has 4 nitrogen and oxygen atoms in total. The standard InChI is InChI=1S/C17H18BrNO3/c1-7-3-4-8(2)11(5-7)19-16(20)12-9-6-10-13(12)17(21)22-15(10)14(9)18/h3-5,9-10,12-15H,6H2,1-2H3,(H,19,20)/t9-,10-,12-,13+,14-,15+/m1/s1. The number of hydrogen-bond donors (Lipinski definition) is 1. The molecule has 3 aliphatic rings. The van der Waals surface area contributed by atoms with Gasteiger partial charge in [0.05, 0.1) is 16.7 Å². The van der Waals surface area contributed by atoms with E-state index >= 15 is 0 Å². The summed E-state index contributed by atoms with van der Waals surface area (Å²) in [6.07, 6.45) is 0.870. The van der Waals surface area contributed by atoms with Gasteiger partial charge in [-0.3, -0.25) is 9.59 Å². The van der Waals surface area contributed by atoms with Crippen molar-refractivity contribution in [2.24, 2.45) is 23.7 Å². The van der Waals surface area contributed by atoms with Crippen molar-refractivity contribution in [3.05, 3.63) is 29.3 Å². The topological polar surface area (TPSA) is 55.4 Å². The first-order valence-electron chi connectivity index (χ1n) is 7.70. The minimum absolute atomic E-state index is 0.0349. The fourth-order valence-corrected chi connectivity index (χ4v) is 5.46. The van der Waals surface area contributed by atoms with E-state index in [4.69, 9.17) is 4.74 Å². The van der Waals surface area contributed by atoms with Crippen LogP contribution in [0.2, 0.25) is 0 Å². The van der Waals surface area contributed by atoms with Crippen molar-refractivity contribution in [2.75, 3.05) is 5.32 Å². The Morgan fingerprint density at radius 3 is 2.86 bits per heavy atom. The molecular weight excluding hydrogens is 346 g/mol. The summed E-state index contributed by atoms with van der Waals surface area (Å²) < 4.78 is 5.46. The van der Waals surface area contributed by atoms with E-state index in [1.165, 1.54) is 0 Å². The van der Waals surface area contributed by atoms with Gasteiger partial charge in [-0.2, -0.15) is 0 Å². The third-order valence-electron chi connectivity index (χ3n) is 5.48. The molecule has 116 valence electrons. The summed E-state index contributed by atoms with van der Waals surface area (Å²) in [6.45, 7) is 3.98. The summed E-state index contributed by atoms with van der Waals surface area (Å²) >= 11 is 3.64. The van der Waals surface area contributed by atoms with Crippen LogP contribution < -0.4 is 5.32 Å². The van der Waals surface area contributed by atoms with Crippen molar-refractivity contribution < 1.29 is 14.3 Å². The molecule has 4 rings (SSSR count). The molecular formula is C17H18BrNO3. The maximum Gasteiger partial charge on any atom is 0.310 e. The van der Waals surface area contributed by atoms with E-state index in [1.807, 2.05) is 32.0 Å². The second-order valence-corrected chi connectivity index (χ2v) is 7.83. The smallest absolute Gasteiger partial charge is 0.310 e. The van der Waals surface area contributed by atoms with Gasteiger partial charge in [0, 0.05) is 11.6 Å². The molecule has 1 heterocycles. The Balaban J connectivity index is 1.61. The number of aryl methyl sites for hydroxylation is 2. The summed E-state index contributed by atoms with van der Waals surface area (Å²) in [5, 5.41) is 3.03. The quantitative estimate of drug-likeness (QED) is 0.649. The zero-order valence-electron chi connectivity index (χ0n) is 12.5. The van der Waals surface area contributed by atoms with Gasteiger partial charge >= 0.3 is 5.97 Å². The average Bonchev–Trinajstić information content (AvgIpc) is 3.07. The van der Waals surface area contributed by atoms with Crippen molar-refractivity contribution in [1.82, 2.24) is 0 Å². The second-order valence-electron chi connectivity index (χ2n) is 6.77. The lowest BCUT2D eigenvalue weighted by Gasteiger charge is -2.27. The monoisotopic (exact) mass is 363 g/mol. The molecule has 1 aromatic carbocycles. The van der Waals surface area contributed by atoms with Gasteiger partial charge in [-0.1, -0.05) is 28.1 Å². The van der Waals surface area contributed by atoms with Crippen LogP contribution in [-0.2, 0) is 14.3 Å². The fraction of sp³-hybridized carbons (Fsp3) is 0.529. The van der Waals surface area contributed by atoms with E-state index in [0.29, 0.717) is 0 Å². The van der Waals surface area contributed by atoms with Crippen molar-refractivity contribution >= 4 is 33.5 Å². The van der Waals surface area contributed by atoms with Crippen LogP contribution in [0.5, 0.6) is 0 Å². The fourth-order valence-electron chi connectivity index (χ4n) is 4.42. The molecule has 0 unspecified atom stereocenters. The van der Waals surface area contributed by atoms with Gasteiger partial charge in [-0.15, -0.1) is 0 Å². The first-order valence-corrected chi connectivity index (χ1v) is 8.61. The molecule has 2 aliphatic carbocycles. The SMILES string of the molecule is Cc1ccc(C)c(NC(=O)[C@@H]2[C@H]3C[C@H]4[C@H](OC(=O)[C@@H]42)[C@@H]3Br)c1. The minimum atomic E-state index is -0.277. The number of carbonyl (C=O) groups is 2. The Bertz CT molecular complexity index is 674. The van der Waals surface area contributed by atoms with Gasteiger partial charge in [-0.05, 0) is 43.4 Å². The van der Waals surface area contributed by atoms with Gasteiger partial charge in [0.25, 0.3) is 0 Å². The van der Waals surface area contributed by atoms with E-state index < -0.39 is 0 Å². The number of ether oxygens (including phenoxy) is 1. The lowest BCUT2D eigenvalue weighted by atomic mass is 9.79. The predicted octanol–water partition coefficient (Wildman–Crippen LogP) is 2.81. The van der Waals surface area contributed by atoms with Crippen LogP contribution in [0.4, 0.5) is 5.69 Å². The van der Waals surface area contributed by atoms with Gasteiger partial charge < -0.3 is 10.1 Å². The number of halogens is 1.